The van der Waals surface area contributed by atoms with Crippen LogP contribution in [0.1, 0.15) is 30.4 Å². The molecule has 116 valence electrons. The summed E-state index contributed by atoms with van der Waals surface area (Å²) in [5, 5.41) is 9.13. The second-order valence-electron chi connectivity index (χ2n) is 5.76. The van der Waals surface area contributed by atoms with Crippen LogP contribution in [0.2, 0.25) is 0 Å². The Morgan fingerprint density at radius 3 is 2.71 bits per heavy atom. The van der Waals surface area contributed by atoms with Gasteiger partial charge in [0.25, 0.3) is 0 Å². The molecule has 0 spiro atoms. The van der Waals surface area contributed by atoms with Crippen molar-refractivity contribution < 1.29 is 18.3 Å². The lowest BCUT2D eigenvalue weighted by atomic mass is 9.97. The van der Waals surface area contributed by atoms with E-state index in [0.29, 0.717) is 12.0 Å². The molecule has 1 aromatic carbocycles. The minimum atomic E-state index is -3.59. The van der Waals surface area contributed by atoms with E-state index in [2.05, 4.69) is 4.72 Å². The molecule has 5 nitrogen and oxygen atoms in total. The van der Waals surface area contributed by atoms with Gasteiger partial charge in [0.15, 0.2) is 0 Å². The summed E-state index contributed by atoms with van der Waals surface area (Å²) in [7, 11) is -3.59. The van der Waals surface area contributed by atoms with Crippen molar-refractivity contribution in [3.05, 3.63) is 29.3 Å². The fourth-order valence-corrected chi connectivity index (χ4v) is 4.32. The van der Waals surface area contributed by atoms with E-state index in [0.717, 1.165) is 18.4 Å². The van der Waals surface area contributed by atoms with Crippen LogP contribution < -0.4 is 4.72 Å². The molecule has 6 heteroatoms. The average Bonchev–Trinajstić information content (AvgIpc) is 2.88. The highest BCUT2D eigenvalue weighted by molar-refractivity contribution is 7.89. The smallest absolute Gasteiger partial charge is 0.306 e. The van der Waals surface area contributed by atoms with Crippen molar-refractivity contribution in [3.63, 3.8) is 0 Å². The Kier molecular flexibility index (Phi) is 4.68. The topological polar surface area (TPSA) is 83.5 Å². The number of hydrogen-bond acceptors (Lipinski definition) is 3. The zero-order chi connectivity index (χ0) is 15.6. The van der Waals surface area contributed by atoms with Crippen molar-refractivity contribution in [1.29, 1.82) is 0 Å². The van der Waals surface area contributed by atoms with E-state index in [1.54, 1.807) is 19.1 Å². The third-order valence-electron chi connectivity index (χ3n) is 4.14. The van der Waals surface area contributed by atoms with Gasteiger partial charge in [-0.1, -0.05) is 18.6 Å². The van der Waals surface area contributed by atoms with Gasteiger partial charge in [0.05, 0.1) is 10.8 Å². The lowest BCUT2D eigenvalue weighted by Crippen LogP contribution is -2.33. The molecule has 1 aliphatic rings. The highest BCUT2D eigenvalue weighted by Crippen LogP contribution is 2.31. The van der Waals surface area contributed by atoms with Gasteiger partial charge >= 0.3 is 5.97 Å². The molecule has 0 aromatic heterocycles. The Labute approximate surface area is 125 Å². The zero-order valence-corrected chi connectivity index (χ0v) is 13.1. The Hall–Kier alpha value is -1.40. The number of aryl methyl sites for hydroxylation is 2. The minimum absolute atomic E-state index is 0.123. The molecule has 2 atom stereocenters. The van der Waals surface area contributed by atoms with Gasteiger partial charge < -0.3 is 5.11 Å². The normalized spacial score (nSPS) is 22.4. The van der Waals surface area contributed by atoms with Crippen LogP contribution in [0.25, 0.3) is 0 Å². The van der Waals surface area contributed by atoms with Gasteiger partial charge in [-0.15, -0.1) is 0 Å². The Balaban J connectivity index is 2.11. The van der Waals surface area contributed by atoms with Crippen molar-refractivity contribution in [2.24, 2.45) is 11.8 Å². The second kappa shape index (κ2) is 6.15. The first kappa shape index (κ1) is 16.0. The number of sulfonamides is 1. The molecule has 1 fully saturated rings. The van der Waals surface area contributed by atoms with Gasteiger partial charge in [0, 0.05) is 6.54 Å². The van der Waals surface area contributed by atoms with E-state index < -0.39 is 21.9 Å². The molecule has 2 rings (SSSR count). The maximum Gasteiger partial charge on any atom is 0.306 e. The summed E-state index contributed by atoms with van der Waals surface area (Å²) < 4.78 is 27.3. The highest BCUT2D eigenvalue weighted by Gasteiger charge is 2.33. The molecule has 0 amide bonds. The van der Waals surface area contributed by atoms with Crippen molar-refractivity contribution in [3.8, 4) is 0 Å². The molecule has 0 heterocycles. The van der Waals surface area contributed by atoms with Crippen LogP contribution in [0.15, 0.2) is 23.1 Å². The van der Waals surface area contributed by atoms with Crippen molar-refractivity contribution in [2.45, 2.75) is 38.0 Å². The fourth-order valence-electron chi connectivity index (χ4n) is 2.90. The number of carbonyl (C=O) groups is 1. The molecule has 21 heavy (non-hydrogen) atoms. The van der Waals surface area contributed by atoms with E-state index in [-0.39, 0.29) is 17.4 Å². The molecular weight excluding hydrogens is 290 g/mol. The number of hydrogen-bond donors (Lipinski definition) is 2. The van der Waals surface area contributed by atoms with Crippen molar-refractivity contribution >= 4 is 16.0 Å². The molecule has 0 aliphatic heterocycles. The van der Waals surface area contributed by atoms with E-state index in [4.69, 9.17) is 5.11 Å². The molecule has 1 aliphatic carbocycles. The molecule has 0 saturated heterocycles. The standard InChI is InChI=1S/C15H21NO4S/c1-10-6-7-11(2)14(8-10)21(19,20)16-9-12-4-3-5-13(12)15(17)18/h6-8,12-13,16H,3-5,9H2,1-2H3,(H,17,18). The van der Waals surface area contributed by atoms with Gasteiger partial charge in [0.2, 0.25) is 10.0 Å². The van der Waals surface area contributed by atoms with Gasteiger partial charge in [-0.05, 0) is 49.8 Å². The number of rotatable bonds is 5. The summed E-state index contributed by atoms with van der Waals surface area (Å²) in [6.07, 6.45) is 2.23. The highest BCUT2D eigenvalue weighted by atomic mass is 32.2. The van der Waals surface area contributed by atoms with E-state index in [1.807, 2.05) is 13.0 Å². The van der Waals surface area contributed by atoms with Crippen LogP contribution in [-0.2, 0) is 14.8 Å². The number of carboxylic acid groups (broad SMARTS) is 1. The number of aliphatic carboxylic acids is 1. The summed E-state index contributed by atoms with van der Waals surface area (Å²) in [5.74, 6) is -1.39. The average molecular weight is 311 g/mol. The van der Waals surface area contributed by atoms with Crippen LogP contribution in [0.3, 0.4) is 0 Å². The summed E-state index contributed by atoms with van der Waals surface area (Å²) >= 11 is 0. The number of carboxylic acids is 1. The molecular formula is C15H21NO4S. The Morgan fingerprint density at radius 2 is 2.05 bits per heavy atom. The second-order valence-corrected chi connectivity index (χ2v) is 7.49. The van der Waals surface area contributed by atoms with Gasteiger partial charge in [-0.2, -0.15) is 0 Å². The first-order valence-corrected chi connectivity index (χ1v) is 8.59. The molecule has 1 aromatic rings. The summed E-state index contributed by atoms with van der Waals surface area (Å²) in [5.41, 5.74) is 1.57. The maximum absolute atomic E-state index is 12.4. The summed E-state index contributed by atoms with van der Waals surface area (Å²) in [6, 6.07) is 5.28. The minimum Gasteiger partial charge on any atom is -0.481 e. The number of nitrogens with one attached hydrogen (secondary N) is 1. The first-order chi connectivity index (χ1) is 9.81. The Morgan fingerprint density at radius 1 is 1.33 bits per heavy atom. The monoisotopic (exact) mass is 311 g/mol. The van der Waals surface area contributed by atoms with Crippen LogP contribution in [0.4, 0.5) is 0 Å². The van der Waals surface area contributed by atoms with E-state index in [9.17, 15) is 13.2 Å². The predicted molar refractivity (Wildman–Crippen MR) is 79.6 cm³/mol. The van der Waals surface area contributed by atoms with Crippen LogP contribution >= 0.6 is 0 Å². The van der Waals surface area contributed by atoms with Gasteiger partial charge in [0.1, 0.15) is 0 Å². The summed E-state index contributed by atoms with van der Waals surface area (Å²) in [4.78, 5) is 11.4. The van der Waals surface area contributed by atoms with E-state index >= 15 is 0 Å². The maximum atomic E-state index is 12.4. The SMILES string of the molecule is Cc1ccc(C)c(S(=O)(=O)NCC2CCCC2C(=O)O)c1. The van der Waals surface area contributed by atoms with E-state index in [1.165, 1.54) is 0 Å². The Bertz CT molecular complexity index is 639. The lowest BCUT2D eigenvalue weighted by molar-refractivity contribution is -0.142. The largest absolute Gasteiger partial charge is 0.481 e. The van der Waals surface area contributed by atoms with Crippen LogP contribution in [-0.4, -0.2) is 26.0 Å². The van der Waals surface area contributed by atoms with Crippen LogP contribution in [0, 0.1) is 25.7 Å². The molecule has 0 bridgehead atoms. The third kappa shape index (κ3) is 3.63. The van der Waals surface area contributed by atoms with Gasteiger partial charge in [-0.25, -0.2) is 13.1 Å². The molecule has 1 saturated carbocycles. The van der Waals surface area contributed by atoms with Crippen LogP contribution in [0.5, 0.6) is 0 Å². The third-order valence-corrected chi connectivity index (χ3v) is 5.71. The molecule has 0 radical (unpaired) electrons. The fraction of sp³-hybridized carbons (Fsp3) is 0.533. The van der Waals surface area contributed by atoms with Crippen molar-refractivity contribution in [1.82, 2.24) is 4.72 Å². The first-order valence-electron chi connectivity index (χ1n) is 7.11. The predicted octanol–water partition coefficient (Wildman–Crippen LogP) is 2.08. The van der Waals surface area contributed by atoms with Gasteiger partial charge in [-0.3, -0.25) is 4.79 Å². The molecule has 2 unspecified atom stereocenters. The van der Waals surface area contributed by atoms with Crippen molar-refractivity contribution in [2.75, 3.05) is 6.54 Å². The quantitative estimate of drug-likeness (QED) is 0.872. The zero-order valence-electron chi connectivity index (χ0n) is 12.3. The number of benzene rings is 1. The lowest BCUT2D eigenvalue weighted by Gasteiger charge is -2.17. The summed E-state index contributed by atoms with van der Waals surface area (Å²) in [6.45, 7) is 3.78. The molecule has 2 N–H and O–H groups in total.